The molecule has 19 heavy (non-hydrogen) atoms. The maximum Gasteiger partial charge on any atom is 0.223 e. The fourth-order valence-corrected chi connectivity index (χ4v) is 2.16. The van der Waals surface area contributed by atoms with Gasteiger partial charge in [0.15, 0.2) is 0 Å². The molecule has 0 unspecified atom stereocenters. The van der Waals surface area contributed by atoms with E-state index in [2.05, 4.69) is 15.3 Å². The summed E-state index contributed by atoms with van der Waals surface area (Å²) in [7, 11) is 0. The molecule has 1 aromatic heterocycles. The number of anilines is 1. The van der Waals surface area contributed by atoms with Crippen LogP contribution in [0.3, 0.4) is 0 Å². The molecule has 0 bridgehead atoms. The van der Waals surface area contributed by atoms with Gasteiger partial charge in [0.05, 0.1) is 5.54 Å². The van der Waals surface area contributed by atoms with Gasteiger partial charge < -0.3 is 5.32 Å². The first-order chi connectivity index (χ1) is 9.07. The van der Waals surface area contributed by atoms with E-state index in [0.29, 0.717) is 11.5 Å². The number of hydrogen-bond acceptors (Lipinski definition) is 3. The van der Waals surface area contributed by atoms with E-state index in [-0.39, 0.29) is 0 Å². The zero-order chi connectivity index (χ0) is 13.5. The predicted octanol–water partition coefficient (Wildman–Crippen LogP) is 3.16. The van der Waals surface area contributed by atoms with Gasteiger partial charge in [-0.25, -0.2) is 18.7 Å². The summed E-state index contributed by atoms with van der Waals surface area (Å²) in [6, 6.07) is 5.40. The van der Waals surface area contributed by atoms with Crippen molar-refractivity contribution in [2.24, 2.45) is 0 Å². The highest BCUT2D eigenvalue weighted by atomic mass is 19.1. The van der Waals surface area contributed by atoms with Gasteiger partial charge >= 0.3 is 0 Å². The van der Waals surface area contributed by atoms with E-state index in [9.17, 15) is 8.78 Å². The molecule has 0 spiro atoms. The van der Waals surface area contributed by atoms with Crippen molar-refractivity contribution in [2.45, 2.75) is 25.3 Å². The first kappa shape index (κ1) is 12.0. The lowest BCUT2D eigenvalue weighted by atomic mass is 10.0. The van der Waals surface area contributed by atoms with Gasteiger partial charge in [-0.3, -0.25) is 0 Å². The van der Waals surface area contributed by atoms with Crippen LogP contribution in [-0.2, 0) is 5.54 Å². The second-order valence-electron chi connectivity index (χ2n) is 4.89. The van der Waals surface area contributed by atoms with E-state index < -0.39 is 17.2 Å². The topological polar surface area (TPSA) is 37.8 Å². The van der Waals surface area contributed by atoms with Crippen molar-refractivity contribution in [3.05, 3.63) is 53.4 Å². The predicted molar refractivity (Wildman–Crippen MR) is 67.7 cm³/mol. The third-order valence-electron chi connectivity index (χ3n) is 3.31. The number of aromatic nitrogens is 2. The van der Waals surface area contributed by atoms with Crippen LogP contribution in [0.1, 0.15) is 24.1 Å². The first-order valence-corrected chi connectivity index (χ1v) is 6.12. The summed E-state index contributed by atoms with van der Waals surface area (Å²) in [5.74, 6) is -0.636. The lowest BCUT2D eigenvalue weighted by Gasteiger charge is -2.18. The number of halogens is 2. The number of nitrogens with one attached hydrogen (secondary N) is 1. The molecule has 3 nitrogen and oxygen atoms in total. The van der Waals surface area contributed by atoms with Crippen LogP contribution < -0.4 is 5.32 Å². The van der Waals surface area contributed by atoms with Gasteiger partial charge in [0.1, 0.15) is 11.6 Å². The van der Waals surface area contributed by atoms with Crippen molar-refractivity contribution in [1.82, 2.24) is 9.97 Å². The molecule has 2 aromatic rings. The minimum atomic E-state index is -0.562. The molecule has 0 atom stereocenters. The number of nitrogens with zero attached hydrogens (tertiary/aromatic N) is 2. The van der Waals surface area contributed by atoms with E-state index in [1.807, 2.05) is 6.92 Å². The van der Waals surface area contributed by atoms with Gasteiger partial charge in [-0.15, -0.1) is 0 Å². The molecule has 1 aliphatic rings. The molecule has 1 fully saturated rings. The van der Waals surface area contributed by atoms with Crippen LogP contribution in [0.2, 0.25) is 0 Å². The Morgan fingerprint density at radius 3 is 2.42 bits per heavy atom. The molecule has 3 rings (SSSR count). The van der Waals surface area contributed by atoms with Crippen molar-refractivity contribution < 1.29 is 8.78 Å². The number of rotatable bonds is 3. The van der Waals surface area contributed by atoms with Crippen LogP contribution in [0.5, 0.6) is 0 Å². The highest BCUT2D eigenvalue weighted by molar-refractivity contribution is 5.42. The molecule has 98 valence electrons. The van der Waals surface area contributed by atoms with E-state index >= 15 is 0 Å². The molecule has 1 aromatic carbocycles. The summed E-state index contributed by atoms with van der Waals surface area (Å²) < 4.78 is 26.6. The summed E-state index contributed by atoms with van der Waals surface area (Å²) in [6.45, 7) is 1.87. The molecule has 5 heteroatoms. The molecular formula is C14H13F2N3. The number of hydrogen-bond donors (Lipinski definition) is 1. The average molecular weight is 261 g/mol. The Bertz CT molecular complexity index is 604. The van der Waals surface area contributed by atoms with Gasteiger partial charge in [-0.2, -0.15) is 0 Å². The lowest BCUT2D eigenvalue weighted by Crippen LogP contribution is -2.21. The van der Waals surface area contributed by atoms with Gasteiger partial charge in [0, 0.05) is 18.0 Å². The Hall–Kier alpha value is -2.04. The summed E-state index contributed by atoms with van der Waals surface area (Å²) in [6.07, 6.45) is 3.29. The van der Waals surface area contributed by atoms with Gasteiger partial charge in [-0.1, -0.05) is 0 Å². The van der Waals surface area contributed by atoms with E-state index in [1.54, 1.807) is 12.3 Å². The second kappa shape index (κ2) is 4.26. The van der Waals surface area contributed by atoms with Crippen molar-refractivity contribution in [1.29, 1.82) is 0 Å². The number of benzene rings is 1. The van der Waals surface area contributed by atoms with Crippen LogP contribution in [0.25, 0.3) is 0 Å². The maximum atomic E-state index is 13.3. The molecule has 0 saturated heterocycles. The molecule has 1 saturated carbocycles. The Morgan fingerprint density at radius 1 is 1.16 bits per heavy atom. The Kier molecular flexibility index (Phi) is 2.69. The van der Waals surface area contributed by atoms with Crippen molar-refractivity contribution in [3.63, 3.8) is 0 Å². The third-order valence-corrected chi connectivity index (χ3v) is 3.31. The second-order valence-corrected chi connectivity index (χ2v) is 4.89. The van der Waals surface area contributed by atoms with Crippen molar-refractivity contribution in [2.75, 3.05) is 5.32 Å². The van der Waals surface area contributed by atoms with Crippen LogP contribution in [-0.4, -0.2) is 9.97 Å². The van der Waals surface area contributed by atoms with Gasteiger partial charge in [0.25, 0.3) is 0 Å². The fourth-order valence-electron chi connectivity index (χ4n) is 2.16. The maximum absolute atomic E-state index is 13.3. The highest BCUT2D eigenvalue weighted by Gasteiger charge is 2.45. The van der Waals surface area contributed by atoms with Crippen molar-refractivity contribution >= 4 is 5.95 Å². The van der Waals surface area contributed by atoms with Crippen LogP contribution in [0.4, 0.5) is 14.7 Å². The van der Waals surface area contributed by atoms with E-state index in [4.69, 9.17) is 0 Å². The Balaban J connectivity index is 1.91. The van der Waals surface area contributed by atoms with Crippen LogP contribution in [0, 0.1) is 18.6 Å². The Labute approximate surface area is 109 Å². The minimum Gasteiger partial charge on any atom is -0.345 e. The Morgan fingerprint density at radius 2 is 1.84 bits per heavy atom. The number of aryl methyl sites for hydroxylation is 1. The smallest absolute Gasteiger partial charge is 0.223 e. The molecule has 0 radical (unpaired) electrons. The van der Waals surface area contributed by atoms with Gasteiger partial charge in [-0.05, 0) is 43.5 Å². The summed E-state index contributed by atoms with van der Waals surface area (Å²) in [5.41, 5.74) is 1.02. The molecule has 1 heterocycles. The quantitative estimate of drug-likeness (QED) is 0.922. The van der Waals surface area contributed by atoms with E-state index in [1.165, 1.54) is 12.1 Å². The standard InChI is InChI=1S/C14H13F2N3/c1-9-2-5-17-13(18-9)19-14(3-4-14)10-6-11(15)8-12(16)7-10/h2,5-8H,3-4H2,1H3,(H,17,18,19). The van der Waals surface area contributed by atoms with E-state index in [0.717, 1.165) is 24.6 Å². The SMILES string of the molecule is Cc1ccnc(NC2(c3cc(F)cc(F)c3)CC2)n1. The monoisotopic (exact) mass is 261 g/mol. The van der Waals surface area contributed by atoms with Crippen LogP contribution >= 0.6 is 0 Å². The molecule has 1 N–H and O–H groups in total. The molecular weight excluding hydrogens is 248 g/mol. The van der Waals surface area contributed by atoms with Crippen LogP contribution in [0.15, 0.2) is 30.5 Å². The summed E-state index contributed by atoms with van der Waals surface area (Å²) in [4.78, 5) is 8.38. The minimum absolute atomic E-state index is 0.434. The highest BCUT2D eigenvalue weighted by Crippen LogP contribution is 2.48. The molecule has 1 aliphatic carbocycles. The first-order valence-electron chi connectivity index (χ1n) is 6.12. The fraction of sp³-hybridized carbons (Fsp3) is 0.286. The summed E-state index contributed by atoms with van der Waals surface area (Å²) in [5, 5.41) is 3.19. The average Bonchev–Trinajstić information content (AvgIpc) is 3.09. The molecule has 0 aliphatic heterocycles. The normalized spacial score (nSPS) is 16.2. The molecule has 0 amide bonds. The van der Waals surface area contributed by atoms with Gasteiger partial charge in [0.2, 0.25) is 5.95 Å². The lowest BCUT2D eigenvalue weighted by molar-refractivity contribution is 0.574. The largest absolute Gasteiger partial charge is 0.345 e. The third kappa shape index (κ3) is 2.41. The summed E-state index contributed by atoms with van der Waals surface area (Å²) >= 11 is 0. The zero-order valence-corrected chi connectivity index (χ0v) is 10.5. The van der Waals surface area contributed by atoms with Crippen molar-refractivity contribution in [3.8, 4) is 0 Å². The zero-order valence-electron chi connectivity index (χ0n) is 10.5.